The molecule has 0 spiro atoms. The van der Waals surface area contributed by atoms with Crippen molar-refractivity contribution in [1.82, 2.24) is 0 Å². The number of aliphatic hydroxyl groups is 1. The Hall–Kier alpha value is 0.492. The molecule has 4 heteroatoms. The molecule has 0 aromatic carbocycles. The van der Waals surface area contributed by atoms with E-state index in [1.54, 1.807) is 0 Å². The predicted molar refractivity (Wildman–Crippen MR) is 133 cm³/mol. The third kappa shape index (κ3) is 5.99. The maximum atomic E-state index is 10.4. The molecule has 0 radical (unpaired) electrons. The van der Waals surface area contributed by atoms with Crippen molar-refractivity contribution in [1.29, 1.82) is 0 Å². The molecule has 0 bridgehead atoms. The van der Waals surface area contributed by atoms with Gasteiger partial charge in [-0.1, -0.05) is 0 Å². The zero-order chi connectivity index (χ0) is 21.6. The molecule has 0 aliphatic rings. The predicted octanol–water partition coefficient (Wildman–Crippen LogP) is 7.42. The van der Waals surface area contributed by atoms with Gasteiger partial charge in [0.2, 0.25) is 0 Å². The van der Waals surface area contributed by atoms with Gasteiger partial charge >= 0.3 is 178 Å². The molecule has 0 aromatic heterocycles. The molecule has 0 heterocycles. The van der Waals surface area contributed by atoms with Crippen LogP contribution >= 0.6 is 0 Å². The van der Waals surface area contributed by atoms with Crippen LogP contribution in [0.5, 0.6) is 0 Å². The van der Waals surface area contributed by atoms with Crippen LogP contribution in [0.1, 0.15) is 62.3 Å². The van der Waals surface area contributed by atoms with Crippen LogP contribution in [0.15, 0.2) is 8.79 Å². The Morgan fingerprint density at radius 3 is 1.41 bits per heavy atom. The molecule has 0 atom stereocenters. The minimum atomic E-state index is -2.42. The van der Waals surface area contributed by atoms with Gasteiger partial charge in [0.25, 0.3) is 0 Å². The standard InChI is InChI=1S/C20H39OSi2.3CH3.Sn/c1-10-22(11-2,12-3)20(13-15-21)14-16-23(17(4)5,18(6)7)19(8)9;;;;/h17-19,21H,10-12,15H2,1-9H3;3*1H3;. The topological polar surface area (TPSA) is 20.2 Å². The molecule has 27 heavy (non-hydrogen) atoms. The molecule has 0 aliphatic carbocycles. The van der Waals surface area contributed by atoms with E-state index in [9.17, 15) is 5.11 Å². The van der Waals surface area contributed by atoms with Crippen molar-refractivity contribution < 1.29 is 5.11 Å². The van der Waals surface area contributed by atoms with E-state index in [2.05, 4.69) is 88.6 Å². The number of hydrogen-bond donors (Lipinski definition) is 1. The van der Waals surface area contributed by atoms with Crippen LogP contribution < -0.4 is 0 Å². The summed E-state index contributed by atoms with van der Waals surface area (Å²) in [4.78, 5) is 7.33. The van der Waals surface area contributed by atoms with E-state index >= 15 is 0 Å². The first kappa shape index (κ1) is 27.5. The van der Waals surface area contributed by atoms with Gasteiger partial charge in [-0.3, -0.25) is 0 Å². The van der Waals surface area contributed by atoms with Gasteiger partial charge in [-0.15, -0.1) is 0 Å². The van der Waals surface area contributed by atoms with E-state index in [4.69, 9.17) is 0 Å². The monoisotopic (exact) mass is 516 g/mol. The Kier molecular flexibility index (Phi) is 11.2. The van der Waals surface area contributed by atoms with Gasteiger partial charge in [-0.05, 0) is 0 Å². The zero-order valence-electron chi connectivity index (χ0n) is 20.5. The summed E-state index contributed by atoms with van der Waals surface area (Å²) in [5, 5.41) is 11.9. The van der Waals surface area contributed by atoms with Crippen molar-refractivity contribution in [2.24, 2.45) is 0 Å². The molecule has 0 rings (SSSR count). The van der Waals surface area contributed by atoms with E-state index in [1.807, 2.05) is 0 Å². The van der Waals surface area contributed by atoms with Gasteiger partial charge in [0.1, 0.15) is 0 Å². The summed E-state index contributed by atoms with van der Waals surface area (Å²) >= 11 is -2.42. The SMILES string of the molecule is CC[Si](CC)(CC)/C(C#C[Si](C(C)C)(C(C)C)C(C)C)=[C](\CO)[Sn]([CH3])([CH3])[CH3]. The Balaban J connectivity index is 7.00. The van der Waals surface area contributed by atoms with E-state index in [0.717, 1.165) is 0 Å². The number of rotatable bonds is 9. The molecule has 0 fully saturated rings. The summed E-state index contributed by atoms with van der Waals surface area (Å²) in [6.07, 6.45) is 0. The second-order valence-electron chi connectivity index (χ2n) is 10.2. The number of aliphatic hydroxyl groups excluding tert-OH is 1. The van der Waals surface area contributed by atoms with Gasteiger partial charge in [-0.25, -0.2) is 0 Å². The Labute approximate surface area is 177 Å². The molecule has 1 N–H and O–H groups in total. The van der Waals surface area contributed by atoms with Crippen molar-refractivity contribution in [3.8, 4) is 11.5 Å². The average Bonchev–Trinajstić information content (AvgIpc) is 2.55. The minimum absolute atomic E-state index is 0.234. The number of hydrogen-bond acceptors (Lipinski definition) is 1. The van der Waals surface area contributed by atoms with E-state index in [1.165, 1.54) is 26.9 Å². The van der Waals surface area contributed by atoms with Crippen LogP contribution in [0, 0.1) is 11.5 Å². The van der Waals surface area contributed by atoms with Gasteiger partial charge in [0, 0.05) is 0 Å². The van der Waals surface area contributed by atoms with Crippen LogP contribution in [-0.4, -0.2) is 46.2 Å². The first-order chi connectivity index (χ1) is 12.3. The van der Waals surface area contributed by atoms with E-state index in [-0.39, 0.29) is 6.61 Å². The summed E-state index contributed by atoms with van der Waals surface area (Å²) in [6, 6.07) is 3.74. The molecule has 0 amide bonds. The van der Waals surface area contributed by atoms with Crippen LogP contribution in [-0.2, 0) is 0 Å². The molecule has 158 valence electrons. The zero-order valence-corrected chi connectivity index (χ0v) is 25.4. The fraction of sp³-hybridized carbons (Fsp3) is 0.826. The van der Waals surface area contributed by atoms with Gasteiger partial charge < -0.3 is 0 Å². The summed E-state index contributed by atoms with van der Waals surface area (Å²) in [7, 11) is -3.38. The molecule has 0 aliphatic heterocycles. The summed E-state index contributed by atoms with van der Waals surface area (Å²) < 4.78 is 1.41. The third-order valence-corrected chi connectivity index (χ3v) is 26.1. The quantitative estimate of drug-likeness (QED) is 0.250. The van der Waals surface area contributed by atoms with Crippen molar-refractivity contribution in [2.45, 2.75) is 112 Å². The van der Waals surface area contributed by atoms with Crippen LogP contribution in [0.3, 0.4) is 0 Å². The van der Waals surface area contributed by atoms with E-state index in [0.29, 0.717) is 16.6 Å². The normalized spacial score (nSPS) is 14.5. The Morgan fingerprint density at radius 2 is 1.19 bits per heavy atom. The molecule has 1 nitrogen and oxygen atoms in total. The maximum absolute atomic E-state index is 10.4. The van der Waals surface area contributed by atoms with Crippen molar-refractivity contribution in [3.05, 3.63) is 8.79 Å². The van der Waals surface area contributed by atoms with Gasteiger partial charge in [0.05, 0.1) is 0 Å². The van der Waals surface area contributed by atoms with Crippen LogP contribution in [0.2, 0.25) is 49.6 Å². The third-order valence-electron chi connectivity index (χ3n) is 7.20. The fourth-order valence-corrected chi connectivity index (χ4v) is 22.5. The van der Waals surface area contributed by atoms with Gasteiger partial charge in [-0.2, -0.15) is 0 Å². The molecule has 0 saturated heterocycles. The molecule has 0 aromatic rings. The molecule has 0 unspecified atom stereocenters. The second kappa shape index (κ2) is 11.0. The summed E-state index contributed by atoms with van der Waals surface area (Å²) in [5.41, 5.74) is 5.98. The first-order valence-electron chi connectivity index (χ1n) is 11.2. The molecular formula is C23H48OSi2Sn. The van der Waals surface area contributed by atoms with Crippen molar-refractivity contribution in [3.63, 3.8) is 0 Å². The molecule has 0 saturated carbocycles. The number of allylic oxidation sites excluding steroid dienone is 1. The van der Waals surface area contributed by atoms with E-state index < -0.39 is 34.5 Å². The Morgan fingerprint density at radius 1 is 0.815 bits per heavy atom. The Bertz CT molecular complexity index is 525. The van der Waals surface area contributed by atoms with Crippen LogP contribution in [0.4, 0.5) is 0 Å². The summed E-state index contributed by atoms with van der Waals surface area (Å²) in [5.74, 6) is 3.90. The fourth-order valence-electron chi connectivity index (χ4n) is 5.10. The second-order valence-corrected chi connectivity index (χ2v) is 35.6. The summed E-state index contributed by atoms with van der Waals surface area (Å²) in [6.45, 7) is 21.7. The van der Waals surface area contributed by atoms with Crippen molar-refractivity contribution >= 4 is 34.5 Å². The van der Waals surface area contributed by atoms with Crippen molar-refractivity contribution in [2.75, 3.05) is 6.61 Å². The van der Waals surface area contributed by atoms with Gasteiger partial charge in [0.15, 0.2) is 0 Å². The average molecular weight is 516 g/mol. The first-order valence-corrected chi connectivity index (χ1v) is 26.0. The molecular weight excluding hydrogens is 467 g/mol. The van der Waals surface area contributed by atoms with Crippen LogP contribution in [0.25, 0.3) is 0 Å².